The Morgan fingerprint density at radius 1 is 0.383 bits per heavy atom. The van der Waals surface area contributed by atoms with Crippen LogP contribution in [0.25, 0.3) is 0 Å². The van der Waals surface area contributed by atoms with Gasteiger partial charge in [-0.15, -0.1) is 0 Å². The summed E-state index contributed by atoms with van der Waals surface area (Å²) in [7, 11) is 0. The quantitative estimate of drug-likeness (QED) is 0.0297. The number of aliphatic hydroxyl groups is 21. The second-order valence-electron chi connectivity index (χ2n) is 29.1. The molecule has 9 heterocycles. The molecule has 9 aliphatic heterocycles. The summed E-state index contributed by atoms with van der Waals surface area (Å²) in [5, 5.41) is 268. The van der Waals surface area contributed by atoms with Crippen LogP contribution in [-0.4, -0.2) is 468 Å². The summed E-state index contributed by atoms with van der Waals surface area (Å²) in [4.78, 5) is 89.4. The number of aliphatic hydroxyl groups excluding tert-OH is 21. The molecule has 9 fully saturated rings. The molecule has 51 heteroatoms. The van der Waals surface area contributed by atoms with Gasteiger partial charge in [-0.2, -0.15) is 0 Å². The number of fused-ring (bicyclic) bond motifs is 2. The molecule has 5 amide bonds. The fourth-order valence-corrected chi connectivity index (χ4v) is 15.1. The van der Waals surface area contributed by atoms with Gasteiger partial charge in [0, 0.05) is 47.5 Å². The van der Waals surface area contributed by atoms with Gasteiger partial charge in [-0.1, -0.05) is 0 Å². The van der Waals surface area contributed by atoms with Crippen LogP contribution in [-0.2, 0) is 109 Å². The predicted molar refractivity (Wildman–Crippen MR) is 353 cm³/mol. The van der Waals surface area contributed by atoms with Crippen LogP contribution in [0.4, 0.5) is 0 Å². The van der Waals surface area contributed by atoms with Crippen LogP contribution >= 0.6 is 0 Å². The number of ether oxygens (including phenoxy) is 16. The van der Waals surface area contributed by atoms with Crippen molar-refractivity contribution >= 4 is 41.5 Å². The predicted octanol–water partition coefficient (Wildman–Crippen LogP) is -18.3. The zero-order valence-corrected chi connectivity index (χ0v) is 61.8. The molecule has 9 aliphatic rings. The highest BCUT2D eigenvalue weighted by atomic mass is 16.8. The maximum atomic E-state index is 13.2. The molecule has 660 valence electrons. The first-order valence-corrected chi connectivity index (χ1v) is 36.3. The molecule has 42 atom stereocenters. The summed E-state index contributed by atoms with van der Waals surface area (Å²) in [5.41, 5.74) is 0. The Morgan fingerprint density at radius 3 is 1.10 bits per heavy atom. The molecule has 0 unspecified atom stereocenters. The third kappa shape index (κ3) is 20.4. The van der Waals surface area contributed by atoms with Crippen LogP contribution in [0.2, 0.25) is 0 Å². The van der Waals surface area contributed by atoms with Gasteiger partial charge in [-0.3, -0.25) is 24.0 Å². The van der Waals surface area contributed by atoms with E-state index in [2.05, 4.69) is 26.6 Å². The van der Waals surface area contributed by atoms with Gasteiger partial charge in [0.15, 0.2) is 37.7 Å². The van der Waals surface area contributed by atoms with Crippen molar-refractivity contribution in [2.45, 2.75) is 304 Å². The Labute approximate surface area is 650 Å². The maximum Gasteiger partial charge on any atom is 0.364 e. The summed E-state index contributed by atoms with van der Waals surface area (Å²) >= 11 is 0. The third-order valence-corrected chi connectivity index (χ3v) is 20.8. The van der Waals surface area contributed by atoms with Crippen LogP contribution in [0.5, 0.6) is 0 Å². The van der Waals surface area contributed by atoms with Crippen LogP contribution in [0.15, 0.2) is 0 Å². The fraction of sp³-hybridized carbons (Fsp3) is 0.891. The molecule has 2 bridgehead atoms. The second kappa shape index (κ2) is 39.6. The van der Waals surface area contributed by atoms with Gasteiger partial charge in [0.2, 0.25) is 29.5 Å². The number of aliphatic carboxylic acids is 2. The molecule has 9 rings (SSSR count). The molecule has 0 radical (unpaired) electrons. The van der Waals surface area contributed by atoms with E-state index in [0.717, 1.165) is 34.6 Å². The van der Waals surface area contributed by atoms with Crippen LogP contribution in [0.1, 0.15) is 47.5 Å². The Balaban J connectivity index is 0.975. The molecule has 0 aromatic rings. The molecule has 115 heavy (non-hydrogen) atoms. The summed E-state index contributed by atoms with van der Waals surface area (Å²) in [6.07, 6.45) is -76.4. The lowest BCUT2D eigenvalue weighted by atomic mass is 9.88. The van der Waals surface area contributed by atoms with E-state index >= 15 is 0 Å². The highest BCUT2D eigenvalue weighted by Crippen LogP contribution is 2.43. The molecule has 0 saturated carbocycles. The molecule has 0 aliphatic carbocycles. The van der Waals surface area contributed by atoms with Gasteiger partial charge in [0.05, 0.1) is 77.1 Å². The summed E-state index contributed by atoms with van der Waals surface area (Å²) in [6, 6.07) is -8.77. The van der Waals surface area contributed by atoms with Crippen molar-refractivity contribution < 1.29 is 227 Å². The number of carboxylic acids is 2. The first kappa shape index (κ1) is 93.7. The zero-order valence-electron chi connectivity index (χ0n) is 61.8. The van der Waals surface area contributed by atoms with Crippen molar-refractivity contribution in [1.29, 1.82) is 0 Å². The van der Waals surface area contributed by atoms with Gasteiger partial charge >= 0.3 is 11.9 Å². The lowest BCUT2D eigenvalue weighted by molar-refractivity contribution is -0.390. The maximum absolute atomic E-state index is 13.2. The van der Waals surface area contributed by atoms with Crippen molar-refractivity contribution in [1.82, 2.24) is 26.6 Å². The van der Waals surface area contributed by atoms with E-state index < -0.39 is 357 Å². The first-order valence-electron chi connectivity index (χ1n) is 36.3. The SMILES string of the molecule is CC(=O)N[C@H]1[C@@H]2OC[C@@H](O2)[C@@H](O[C@@H]2O[C@H](CO[C@@H]3O[C@H](CO)[C@@H](O[C@@H]4O[C@H](CO)[C@H](O)[C@H](O[C@]5(C(=O)O)C[C@H](O)[C@@H](NC(C)=O)[C@H]([C@H](O)[C@H](O)CO)O5)[C@H]4O)[C@H](O)[C@H]3NC(C)=O)[C@H](O)[C@H](O[C@@H]3O[C@H](CO)[C@@H](O[C@@H]4O[C@H](CO)[C@H](O)[C@H](O[C@]5(C(=O)O)C[C@H](O)[C@@H](NC(C)=O)[C@H]([C@H](O)[C@H](O)CO)O5)[C@H]4O)[C@H](O)[C@H]3NC(C)=O)[C@H]2O)[C@@H]1O. The van der Waals surface area contributed by atoms with Gasteiger partial charge in [0.1, 0.15) is 183 Å². The van der Waals surface area contributed by atoms with E-state index in [1.807, 2.05) is 0 Å². The van der Waals surface area contributed by atoms with E-state index in [0.29, 0.717) is 0 Å². The molecule has 51 nitrogen and oxygen atoms in total. The largest absolute Gasteiger partial charge is 0.477 e. The number of carbonyl (C=O) groups is 7. The van der Waals surface area contributed by atoms with E-state index in [4.69, 9.17) is 75.8 Å². The Morgan fingerprint density at radius 2 is 0.713 bits per heavy atom. The smallest absolute Gasteiger partial charge is 0.364 e. The summed E-state index contributed by atoms with van der Waals surface area (Å²) in [5.74, 6) is -15.2. The number of nitrogens with one attached hydrogen (secondary N) is 5. The molecule has 28 N–H and O–H groups in total. The van der Waals surface area contributed by atoms with Crippen LogP contribution in [0, 0.1) is 0 Å². The number of amides is 5. The topological polar surface area (TPSA) is 793 Å². The normalized spacial score (nSPS) is 45.3. The molecule has 9 saturated heterocycles. The minimum absolute atomic E-state index is 0.325. The first-order chi connectivity index (χ1) is 54.1. The lowest BCUT2D eigenvalue weighted by Gasteiger charge is -2.51. The highest BCUT2D eigenvalue weighted by Gasteiger charge is 2.65. The van der Waals surface area contributed by atoms with Crippen LogP contribution in [0.3, 0.4) is 0 Å². The standard InChI is InChI=1S/C64H103N5O46/c1-16(76)65-31-21(81)6-63(61(96)97,112-50(31)36(85)23(83)8-70)114-53-38(87)25(10-72)102-59(45(53)94)108-47-27(12-74)104-55(33(41(47)90)67-18(3)78)100-14-29-40(89)52(44(93)58(106-29)110-49-30-15-101-56(107-30)34(42(49)91)68-19(4)79)111-57-35(69-20(5)80)43(92)48(28(13-75)105-57)109-60-46(95)54(39(88)26(11-73)103-60)115-64(62(98)99)7-22(82)32(66-17(2)77)51(113-64)37(86)24(84)9-71/h21-60,70-75,81-95H,6-15H2,1-5H3,(H,65,76)(H,66,77)(H,67,78)(H,68,79)(H,69,80)(H,96,97)(H,98,99)/t21-,22-,23+,24+,25+,26+,27+,28+,29+,30+,31+,32+,33+,34+,35+,36+,37+,38-,39-,40-,41+,42+,43+,44+,45+,46+,47+,48+,49+,50+,51+,52-,53-,54-,55+,56+,57-,58-,59-,60-,63-,64-/m0/s1. The number of hydrogen-bond acceptors (Lipinski definition) is 44. The number of hydrogen-bond donors (Lipinski definition) is 28. The second-order valence-corrected chi connectivity index (χ2v) is 29.1. The van der Waals surface area contributed by atoms with Crippen molar-refractivity contribution in [2.24, 2.45) is 0 Å². The van der Waals surface area contributed by atoms with Crippen LogP contribution < -0.4 is 26.6 Å². The number of rotatable bonds is 32. The Kier molecular flexibility index (Phi) is 32.2. The molecule has 0 aromatic heterocycles. The monoisotopic (exact) mass is 1680 g/mol. The fourth-order valence-electron chi connectivity index (χ4n) is 15.1. The summed E-state index contributed by atoms with van der Waals surface area (Å²) in [6.45, 7) is -3.73. The molecular weight excluding hydrogens is 1570 g/mol. The van der Waals surface area contributed by atoms with Crippen molar-refractivity contribution in [3.63, 3.8) is 0 Å². The van der Waals surface area contributed by atoms with E-state index in [9.17, 15) is 151 Å². The Bertz CT molecular complexity index is 3260. The van der Waals surface area contributed by atoms with Gasteiger partial charge < -0.3 is 220 Å². The molecular formula is C64H103N5O46. The van der Waals surface area contributed by atoms with E-state index in [-0.39, 0.29) is 6.61 Å². The minimum Gasteiger partial charge on any atom is -0.477 e. The van der Waals surface area contributed by atoms with Gasteiger partial charge in [-0.25, -0.2) is 9.59 Å². The van der Waals surface area contributed by atoms with Gasteiger partial charge in [0.25, 0.3) is 11.6 Å². The molecule has 0 spiro atoms. The number of carbonyl (C=O) groups excluding carboxylic acids is 5. The zero-order chi connectivity index (χ0) is 85.1. The minimum atomic E-state index is -3.28. The lowest BCUT2D eigenvalue weighted by Crippen LogP contribution is -2.71. The highest BCUT2D eigenvalue weighted by molar-refractivity contribution is 5.78. The van der Waals surface area contributed by atoms with Gasteiger partial charge in [-0.05, 0) is 0 Å². The van der Waals surface area contributed by atoms with Crippen molar-refractivity contribution in [2.75, 3.05) is 52.9 Å². The van der Waals surface area contributed by atoms with E-state index in [1.54, 1.807) is 0 Å². The van der Waals surface area contributed by atoms with E-state index in [1.165, 1.54) is 0 Å². The van der Waals surface area contributed by atoms with Crippen molar-refractivity contribution in [3.8, 4) is 0 Å². The number of carboxylic acid groups (broad SMARTS) is 2. The third-order valence-electron chi connectivity index (χ3n) is 20.8. The summed E-state index contributed by atoms with van der Waals surface area (Å²) < 4.78 is 94.3. The average Bonchev–Trinajstić information content (AvgIpc) is 1.33. The molecule has 0 aromatic carbocycles. The van der Waals surface area contributed by atoms with Crippen molar-refractivity contribution in [3.05, 3.63) is 0 Å². The average molecular weight is 1680 g/mol. The Hall–Kier alpha value is -5.19.